The molecule has 2 aromatic carbocycles. The van der Waals surface area contributed by atoms with Crippen LogP contribution in [0.3, 0.4) is 0 Å². The van der Waals surface area contributed by atoms with Crippen LogP contribution in [-0.2, 0) is 9.59 Å². The van der Waals surface area contributed by atoms with E-state index in [0.29, 0.717) is 15.6 Å². The molecule has 5 nitrogen and oxygen atoms in total. The molecular weight excluding hydrogens is 382 g/mol. The standard InChI is InChI=1S/C18H15Cl2FN2O3/c1-11(26-16-5-3-2-4-15(16)21)18(25)23-22-17(24)9-7-12-6-8-13(19)10-14(12)20/h2-11H,1H3,(H,22,24)(H,23,25)/b9-7+/t11-/m1/s1. The van der Waals surface area contributed by atoms with E-state index < -0.39 is 23.7 Å². The molecule has 0 aliphatic heterocycles. The largest absolute Gasteiger partial charge is 0.478 e. The Balaban J connectivity index is 1.85. The minimum atomic E-state index is -1.01. The summed E-state index contributed by atoms with van der Waals surface area (Å²) in [6, 6.07) is 10.5. The smallest absolute Gasteiger partial charge is 0.279 e. The maximum Gasteiger partial charge on any atom is 0.279 e. The van der Waals surface area contributed by atoms with Gasteiger partial charge in [-0.05, 0) is 42.8 Å². The van der Waals surface area contributed by atoms with Crippen molar-refractivity contribution in [2.75, 3.05) is 0 Å². The van der Waals surface area contributed by atoms with Gasteiger partial charge in [0.05, 0.1) is 0 Å². The number of ether oxygens (including phenoxy) is 1. The summed E-state index contributed by atoms with van der Waals surface area (Å²) in [6.45, 7) is 1.43. The molecule has 26 heavy (non-hydrogen) atoms. The number of hydrazine groups is 1. The molecule has 0 heterocycles. The van der Waals surface area contributed by atoms with Crippen molar-refractivity contribution in [2.45, 2.75) is 13.0 Å². The Morgan fingerprint density at radius 3 is 2.58 bits per heavy atom. The van der Waals surface area contributed by atoms with Crippen molar-refractivity contribution in [2.24, 2.45) is 0 Å². The molecule has 2 aromatic rings. The molecule has 2 rings (SSSR count). The number of halogens is 3. The molecule has 0 aliphatic carbocycles. The number of hydrogen-bond acceptors (Lipinski definition) is 3. The summed E-state index contributed by atoms with van der Waals surface area (Å²) in [5.74, 6) is -1.86. The van der Waals surface area contributed by atoms with Gasteiger partial charge in [-0.25, -0.2) is 4.39 Å². The maximum absolute atomic E-state index is 13.5. The lowest BCUT2D eigenvalue weighted by Gasteiger charge is -2.15. The molecule has 1 atom stereocenters. The topological polar surface area (TPSA) is 67.4 Å². The average molecular weight is 397 g/mol. The van der Waals surface area contributed by atoms with Crippen LogP contribution in [0.25, 0.3) is 6.08 Å². The summed E-state index contributed by atoms with van der Waals surface area (Å²) in [6.07, 6.45) is 1.65. The quantitative estimate of drug-likeness (QED) is 0.597. The molecule has 0 saturated carbocycles. The Morgan fingerprint density at radius 1 is 1.15 bits per heavy atom. The third kappa shape index (κ3) is 5.75. The van der Waals surface area contributed by atoms with Crippen molar-refractivity contribution in [3.63, 3.8) is 0 Å². The summed E-state index contributed by atoms with van der Waals surface area (Å²) < 4.78 is 18.7. The van der Waals surface area contributed by atoms with E-state index in [2.05, 4.69) is 10.9 Å². The van der Waals surface area contributed by atoms with E-state index in [0.717, 1.165) is 0 Å². The number of carbonyl (C=O) groups is 2. The Bertz CT molecular complexity index is 843. The van der Waals surface area contributed by atoms with Crippen LogP contribution in [0.1, 0.15) is 12.5 Å². The molecule has 0 fully saturated rings. The summed E-state index contributed by atoms with van der Waals surface area (Å²) in [7, 11) is 0. The van der Waals surface area contributed by atoms with Crippen molar-refractivity contribution in [1.82, 2.24) is 10.9 Å². The van der Waals surface area contributed by atoms with E-state index in [1.165, 1.54) is 37.3 Å². The van der Waals surface area contributed by atoms with Gasteiger partial charge in [0.2, 0.25) is 0 Å². The van der Waals surface area contributed by atoms with E-state index in [1.54, 1.807) is 24.3 Å². The van der Waals surface area contributed by atoms with Crippen molar-refractivity contribution in [1.29, 1.82) is 0 Å². The van der Waals surface area contributed by atoms with Crippen LogP contribution in [-0.4, -0.2) is 17.9 Å². The summed E-state index contributed by atoms with van der Waals surface area (Å²) >= 11 is 11.8. The molecule has 2 N–H and O–H groups in total. The van der Waals surface area contributed by atoms with E-state index >= 15 is 0 Å². The van der Waals surface area contributed by atoms with Gasteiger partial charge in [0.15, 0.2) is 17.7 Å². The second-order valence-electron chi connectivity index (χ2n) is 5.17. The zero-order valence-electron chi connectivity index (χ0n) is 13.6. The Labute approximate surface area is 159 Å². The van der Waals surface area contributed by atoms with Crippen LogP contribution in [0.4, 0.5) is 4.39 Å². The molecule has 0 unspecified atom stereocenters. The predicted molar refractivity (Wildman–Crippen MR) is 98.3 cm³/mol. The fourth-order valence-corrected chi connectivity index (χ4v) is 2.32. The van der Waals surface area contributed by atoms with Crippen LogP contribution in [0, 0.1) is 5.82 Å². The lowest BCUT2D eigenvalue weighted by atomic mass is 10.2. The summed E-state index contributed by atoms with van der Waals surface area (Å²) in [4.78, 5) is 23.6. The molecule has 0 bridgehead atoms. The molecule has 136 valence electrons. The molecule has 0 aromatic heterocycles. The minimum Gasteiger partial charge on any atom is -0.478 e. The molecule has 0 spiro atoms. The zero-order valence-corrected chi connectivity index (χ0v) is 15.1. The Morgan fingerprint density at radius 2 is 1.88 bits per heavy atom. The first kappa shape index (κ1) is 19.8. The first-order valence-electron chi connectivity index (χ1n) is 7.51. The van der Waals surface area contributed by atoms with Crippen LogP contribution in [0.5, 0.6) is 5.75 Å². The van der Waals surface area contributed by atoms with Gasteiger partial charge < -0.3 is 4.74 Å². The maximum atomic E-state index is 13.5. The summed E-state index contributed by atoms with van der Waals surface area (Å²) in [5.41, 5.74) is 4.98. The fourth-order valence-electron chi connectivity index (χ4n) is 1.85. The van der Waals surface area contributed by atoms with Gasteiger partial charge in [-0.1, -0.05) is 41.4 Å². The van der Waals surface area contributed by atoms with E-state index in [1.807, 2.05) is 0 Å². The van der Waals surface area contributed by atoms with Gasteiger partial charge in [0, 0.05) is 16.1 Å². The van der Waals surface area contributed by atoms with E-state index in [-0.39, 0.29) is 5.75 Å². The van der Waals surface area contributed by atoms with Gasteiger partial charge >= 0.3 is 0 Å². The normalized spacial score (nSPS) is 11.8. The van der Waals surface area contributed by atoms with Crippen LogP contribution in [0.15, 0.2) is 48.5 Å². The molecular formula is C18H15Cl2FN2O3. The number of hydrogen-bond donors (Lipinski definition) is 2. The third-order valence-electron chi connectivity index (χ3n) is 3.20. The van der Waals surface area contributed by atoms with Gasteiger partial charge in [-0.2, -0.15) is 0 Å². The minimum absolute atomic E-state index is 0.0567. The van der Waals surface area contributed by atoms with Gasteiger partial charge in [0.25, 0.3) is 11.8 Å². The lowest BCUT2D eigenvalue weighted by Crippen LogP contribution is -2.46. The van der Waals surface area contributed by atoms with Gasteiger partial charge in [-0.3, -0.25) is 20.4 Å². The van der Waals surface area contributed by atoms with Gasteiger partial charge in [-0.15, -0.1) is 0 Å². The first-order valence-corrected chi connectivity index (χ1v) is 8.26. The highest BCUT2D eigenvalue weighted by Gasteiger charge is 2.16. The SMILES string of the molecule is C[C@@H](Oc1ccccc1F)C(=O)NNC(=O)/C=C/c1ccc(Cl)cc1Cl. The first-order chi connectivity index (χ1) is 12.4. The highest BCUT2D eigenvalue weighted by Crippen LogP contribution is 2.21. The number of rotatable bonds is 5. The Kier molecular flexibility index (Phi) is 7.00. The number of benzene rings is 2. The number of amides is 2. The van der Waals surface area contributed by atoms with Crippen molar-refractivity contribution in [3.8, 4) is 5.75 Å². The number of para-hydroxylation sites is 1. The highest BCUT2D eigenvalue weighted by molar-refractivity contribution is 6.35. The highest BCUT2D eigenvalue weighted by atomic mass is 35.5. The fraction of sp³-hybridized carbons (Fsp3) is 0.111. The van der Waals surface area contributed by atoms with Crippen molar-refractivity contribution < 1.29 is 18.7 Å². The van der Waals surface area contributed by atoms with Crippen molar-refractivity contribution >= 4 is 41.1 Å². The molecule has 0 saturated heterocycles. The Hall–Kier alpha value is -2.57. The van der Waals surface area contributed by atoms with E-state index in [4.69, 9.17) is 27.9 Å². The third-order valence-corrected chi connectivity index (χ3v) is 3.76. The monoisotopic (exact) mass is 396 g/mol. The lowest BCUT2D eigenvalue weighted by molar-refractivity contribution is -0.131. The molecule has 0 aliphatic rings. The molecule has 0 radical (unpaired) electrons. The average Bonchev–Trinajstić information content (AvgIpc) is 2.60. The second kappa shape index (κ2) is 9.22. The van der Waals surface area contributed by atoms with Crippen LogP contribution in [0.2, 0.25) is 10.0 Å². The number of nitrogens with one attached hydrogen (secondary N) is 2. The van der Waals surface area contributed by atoms with E-state index in [9.17, 15) is 14.0 Å². The summed E-state index contributed by atoms with van der Waals surface area (Å²) in [5, 5.41) is 0.866. The van der Waals surface area contributed by atoms with Gasteiger partial charge in [0.1, 0.15) is 0 Å². The zero-order chi connectivity index (χ0) is 19.1. The molecule has 2 amide bonds. The van der Waals surface area contributed by atoms with Crippen molar-refractivity contribution in [3.05, 3.63) is 70.0 Å². The number of carbonyl (C=O) groups excluding carboxylic acids is 2. The van der Waals surface area contributed by atoms with Crippen LogP contribution < -0.4 is 15.6 Å². The predicted octanol–water partition coefficient (Wildman–Crippen LogP) is 3.76. The molecule has 8 heteroatoms. The second-order valence-corrected chi connectivity index (χ2v) is 6.01. The van der Waals surface area contributed by atoms with Crippen LogP contribution >= 0.6 is 23.2 Å².